The van der Waals surface area contributed by atoms with Gasteiger partial charge in [0.1, 0.15) is 4.21 Å². The average molecular weight is 484 g/mol. The van der Waals surface area contributed by atoms with Crippen LogP contribution in [-0.4, -0.2) is 85.8 Å². The number of rotatable bonds is 5. The number of morpholine rings is 1. The van der Waals surface area contributed by atoms with Crippen LogP contribution in [0.5, 0.6) is 0 Å². The Morgan fingerprint density at radius 2 is 1.62 bits per heavy atom. The maximum Gasteiger partial charge on any atom is 0.252 e. The normalized spacial score (nSPS) is 25.9. The van der Waals surface area contributed by atoms with Crippen molar-refractivity contribution in [3.05, 3.63) is 17.0 Å². The van der Waals surface area contributed by atoms with Gasteiger partial charge in [-0.25, -0.2) is 8.42 Å². The number of carbonyl (C=O) groups is 2. The maximum atomic E-state index is 12.9. The zero-order valence-electron chi connectivity index (χ0n) is 18.9. The molecule has 8 nitrogen and oxygen atoms in total. The fourth-order valence-corrected chi connectivity index (χ4v) is 7.92. The summed E-state index contributed by atoms with van der Waals surface area (Å²) in [6.45, 7) is 7.51. The van der Waals surface area contributed by atoms with Gasteiger partial charge in [0.25, 0.3) is 10.0 Å². The van der Waals surface area contributed by atoms with Crippen molar-refractivity contribution in [2.24, 2.45) is 5.92 Å². The van der Waals surface area contributed by atoms with Gasteiger partial charge < -0.3 is 14.5 Å². The van der Waals surface area contributed by atoms with Crippen LogP contribution in [0.2, 0.25) is 0 Å². The standard InChI is InChI=1S/C22H33N3O5S2/c1-16-14-24(15-17(2)30-16)22(27)18-7-11-23(12-8-18)20(26)13-19-5-6-21(31-19)32(28,29)25-9-3-4-10-25/h5-6,16-18H,3-4,7-15H2,1-2H3. The van der Waals surface area contributed by atoms with Crippen molar-refractivity contribution in [2.45, 2.75) is 62.4 Å². The molecule has 4 rings (SSSR count). The van der Waals surface area contributed by atoms with Crippen LogP contribution < -0.4 is 0 Å². The first-order valence-corrected chi connectivity index (χ1v) is 13.8. The summed E-state index contributed by atoms with van der Waals surface area (Å²) in [7, 11) is -3.44. The summed E-state index contributed by atoms with van der Waals surface area (Å²) in [6.07, 6.45) is 3.45. The van der Waals surface area contributed by atoms with Crippen LogP contribution in [-0.2, 0) is 30.8 Å². The van der Waals surface area contributed by atoms with Crippen LogP contribution in [0.4, 0.5) is 0 Å². The predicted octanol–water partition coefficient (Wildman–Crippen LogP) is 1.95. The summed E-state index contributed by atoms with van der Waals surface area (Å²) >= 11 is 1.19. The van der Waals surface area contributed by atoms with Gasteiger partial charge in [-0.15, -0.1) is 11.3 Å². The molecule has 0 spiro atoms. The van der Waals surface area contributed by atoms with Crippen LogP contribution >= 0.6 is 11.3 Å². The van der Waals surface area contributed by atoms with Gasteiger partial charge >= 0.3 is 0 Å². The van der Waals surface area contributed by atoms with Gasteiger partial charge in [-0.1, -0.05) is 0 Å². The van der Waals surface area contributed by atoms with Crippen molar-refractivity contribution in [1.82, 2.24) is 14.1 Å². The molecule has 0 saturated carbocycles. The molecule has 4 heterocycles. The lowest BCUT2D eigenvalue weighted by Gasteiger charge is -2.39. The molecule has 2 amide bonds. The van der Waals surface area contributed by atoms with Gasteiger partial charge in [-0.2, -0.15) is 4.31 Å². The van der Waals surface area contributed by atoms with E-state index in [4.69, 9.17) is 4.74 Å². The number of nitrogens with zero attached hydrogens (tertiary/aromatic N) is 3. The second-order valence-corrected chi connectivity index (χ2v) is 12.5. The topological polar surface area (TPSA) is 87.2 Å². The minimum absolute atomic E-state index is 0.00325. The van der Waals surface area contributed by atoms with E-state index in [1.165, 1.54) is 15.6 Å². The molecule has 3 fully saturated rings. The summed E-state index contributed by atoms with van der Waals surface area (Å²) in [5, 5.41) is 0. The molecule has 10 heteroatoms. The van der Waals surface area contributed by atoms with E-state index in [-0.39, 0.29) is 36.4 Å². The third-order valence-electron chi connectivity index (χ3n) is 6.55. The van der Waals surface area contributed by atoms with E-state index in [0.29, 0.717) is 56.3 Å². The van der Waals surface area contributed by atoms with Gasteiger partial charge in [0.2, 0.25) is 11.8 Å². The van der Waals surface area contributed by atoms with Crippen molar-refractivity contribution >= 4 is 33.2 Å². The highest BCUT2D eigenvalue weighted by atomic mass is 32.2. The molecular formula is C22H33N3O5S2. The minimum atomic E-state index is -3.44. The predicted molar refractivity (Wildman–Crippen MR) is 122 cm³/mol. The Labute approximate surface area is 194 Å². The third kappa shape index (κ3) is 5.18. The fraction of sp³-hybridized carbons (Fsp3) is 0.727. The lowest BCUT2D eigenvalue weighted by Crippen LogP contribution is -2.51. The molecule has 3 aliphatic heterocycles. The van der Waals surface area contributed by atoms with Gasteiger partial charge in [-0.05, 0) is 51.7 Å². The van der Waals surface area contributed by atoms with Crippen molar-refractivity contribution in [3.8, 4) is 0 Å². The highest BCUT2D eigenvalue weighted by Gasteiger charge is 2.34. The maximum absolute atomic E-state index is 12.9. The summed E-state index contributed by atoms with van der Waals surface area (Å²) < 4.78 is 33.0. The Bertz CT molecular complexity index is 923. The number of ether oxygens (including phenoxy) is 1. The number of hydrogen-bond donors (Lipinski definition) is 0. The molecule has 0 radical (unpaired) electrons. The molecule has 1 aromatic heterocycles. The molecule has 3 saturated heterocycles. The second kappa shape index (κ2) is 9.79. The molecule has 0 aromatic carbocycles. The molecule has 32 heavy (non-hydrogen) atoms. The van der Waals surface area contributed by atoms with Crippen molar-refractivity contribution in [1.29, 1.82) is 0 Å². The van der Waals surface area contributed by atoms with E-state index in [1.807, 2.05) is 23.6 Å². The first-order valence-electron chi connectivity index (χ1n) is 11.5. The summed E-state index contributed by atoms with van der Waals surface area (Å²) in [6, 6.07) is 3.37. The SMILES string of the molecule is CC1CN(C(=O)C2CCN(C(=O)Cc3ccc(S(=O)(=O)N4CCCC4)s3)CC2)CC(C)O1. The van der Waals surface area contributed by atoms with Crippen molar-refractivity contribution in [3.63, 3.8) is 0 Å². The van der Waals surface area contributed by atoms with Crippen LogP contribution in [0.25, 0.3) is 0 Å². The Morgan fingerprint density at radius 3 is 2.25 bits per heavy atom. The molecule has 0 aliphatic carbocycles. The first kappa shape index (κ1) is 23.7. The Hall–Kier alpha value is -1.49. The van der Waals surface area contributed by atoms with E-state index >= 15 is 0 Å². The zero-order chi connectivity index (χ0) is 22.9. The lowest BCUT2D eigenvalue weighted by atomic mass is 9.94. The minimum Gasteiger partial charge on any atom is -0.372 e. The lowest BCUT2D eigenvalue weighted by molar-refractivity contribution is -0.150. The van der Waals surface area contributed by atoms with Gasteiger partial charge in [0, 0.05) is 50.1 Å². The number of amides is 2. The first-order chi connectivity index (χ1) is 15.2. The number of likely N-dealkylation sites (tertiary alicyclic amines) is 1. The van der Waals surface area contributed by atoms with Gasteiger partial charge in [-0.3, -0.25) is 9.59 Å². The number of thiophene rings is 1. The summed E-state index contributed by atoms with van der Waals surface area (Å²) in [4.78, 5) is 30.2. The molecule has 178 valence electrons. The van der Waals surface area contributed by atoms with Crippen LogP contribution in [0.1, 0.15) is 44.4 Å². The number of carbonyl (C=O) groups excluding carboxylic acids is 2. The van der Waals surface area contributed by atoms with Crippen LogP contribution in [0.15, 0.2) is 16.3 Å². The quantitative estimate of drug-likeness (QED) is 0.639. The van der Waals surface area contributed by atoms with Gasteiger partial charge in [0.15, 0.2) is 0 Å². The highest BCUT2D eigenvalue weighted by Crippen LogP contribution is 2.28. The molecular weight excluding hydrogens is 450 g/mol. The highest BCUT2D eigenvalue weighted by molar-refractivity contribution is 7.91. The van der Waals surface area contributed by atoms with E-state index in [1.54, 1.807) is 12.1 Å². The molecule has 3 aliphatic rings. The molecule has 0 bridgehead atoms. The van der Waals surface area contributed by atoms with Gasteiger partial charge in [0.05, 0.1) is 18.6 Å². The average Bonchev–Trinajstić information content (AvgIpc) is 3.45. The molecule has 2 unspecified atom stereocenters. The molecule has 2 atom stereocenters. The van der Waals surface area contributed by atoms with E-state index in [2.05, 4.69) is 0 Å². The summed E-state index contributed by atoms with van der Waals surface area (Å²) in [5.74, 6) is 0.126. The largest absolute Gasteiger partial charge is 0.372 e. The van der Waals surface area contributed by atoms with Crippen LogP contribution in [0.3, 0.4) is 0 Å². The smallest absolute Gasteiger partial charge is 0.252 e. The molecule has 0 N–H and O–H groups in total. The third-order valence-corrected chi connectivity index (χ3v) is 10.0. The summed E-state index contributed by atoms with van der Waals surface area (Å²) in [5.41, 5.74) is 0. The number of piperidine rings is 1. The van der Waals surface area contributed by atoms with E-state index in [9.17, 15) is 18.0 Å². The number of hydrogen-bond acceptors (Lipinski definition) is 6. The Morgan fingerprint density at radius 1 is 1.00 bits per heavy atom. The monoisotopic (exact) mass is 483 g/mol. The van der Waals surface area contributed by atoms with E-state index in [0.717, 1.165) is 17.7 Å². The number of sulfonamides is 1. The van der Waals surface area contributed by atoms with Crippen molar-refractivity contribution < 1.29 is 22.7 Å². The zero-order valence-corrected chi connectivity index (χ0v) is 20.5. The van der Waals surface area contributed by atoms with Crippen molar-refractivity contribution in [2.75, 3.05) is 39.3 Å². The molecule has 1 aromatic rings. The van der Waals surface area contributed by atoms with Crippen LogP contribution in [0, 0.1) is 5.92 Å². The Balaban J connectivity index is 1.29. The second-order valence-electron chi connectivity index (χ2n) is 9.16. The Kier molecular flexibility index (Phi) is 7.24. The fourth-order valence-electron chi connectivity index (χ4n) is 4.90. The van der Waals surface area contributed by atoms with E-state index < -0.39 is 10.0 Å².